The summed E-state index contributed by atoms with van der Waals surface area (Å²) in [6, 6.07) is -0.799. The lowest BCUT2D eigenvalue weighted by Crippen LogP contribution is -2.60. The fourth-order valence-electron chi connectivity index (χ4n) is 9.51. The average molecular weight is 939 g/mol. The molecule has 1 rings (SSSR count). The summed E-state index contributed by atoms with van der Waals surface area (Å²) in [6.45, 7) is 3.81. The van der Waals surface area contributed by atoms with Crippen LogP contribution in [0.15, 0.2) is 12.2 Å². The number of hydrogen-bond donors (Lipinski definition) is 6. The number of hydrogen-bond acceptors (Lipinski definition) is 8. The quantitative estimate of drug-likeness (QED) is 0.0261. The lowest BCUT2D eigenvalue weighted by molar-refractivity contribution is -0.302. The normalized spacial score (nSPS) is 19.8. The van der Waals surface area contributed by atoms with E-state index in [0.717, 1.165) is 38.5 Å². The molecule has 1 amide bonds. The van der Waals surface area contributed by atoms with Crippen LogP contribution >= 0.6 is 0 Å². The maximum Gasteiger partial charge on any atom is 0.220 e. The van der Waals surface area contributed by atoms with Crippen molar-refractivity contribution in [3.8, 4) is 0 Å². The van der Waals surface area contributed by atoms with Crippen LogP contribution in [-0.2, 0) is 14.3 Å². The lowest BCUT2D eigenvalue weighted by Gasteiger charge is -2.40. The van der Waals surface area contributed by atoms with E-state index in [1.165, 1.54) is 231 Å². The van der Waals surface area contributed by atoms with Crippen molar-refractivity contribution in [1.29, 1.82) is 0 Å². The Kier molecular flexibility index (Phi) is 45.4. The number of aliphatic hydroxyl groups excluding tert-OH is 5. The first-order chi connectivity index (χ1) is 32.3. The number of nitrogens with one attached hydrogen (secondary N) is 1. The van der Waals surface area contributed by atoms with Crippen molar-refractivity contribution in [2.45, 2.75) is 333 Å². The van der Waals surface area contributed by atoms with Crippen LogP contribution in [0, 0.1) is 0 Å². The Hall–Kier alpha value is -1.07. The Morgan fingerprint density at radius 1 is 0.500 bits per heavy atom. The number of aliphatic hydroxyl groups is 5. The maximum atomic E-state index is 13.0. The lowest BCUT2D eigenvalue weighted by atomic mass is 9.99. The second-order valence-corrected chi connectivity index (χ2v) is 20.5. The minimum absolute atomic E-state index is 0.171. The van der Waals surface area contributed by atoms with E-state index in [1.807, 2.05) is 6.08 Å². The number of carbonyl (C=O) groups is 1. The summed E-state index contributed by atoms with van der Waals surface area (Å²) in [7, 11) is 0. The monoisotopic (exact) mass is 938 g/mol. The van der Waals surface area contributed by atoms with E-state index in [-0.39, 0.29) is 12.5 Å². The predicted molar refractivity (Wildman–Crippen MR) is 277 cm³/mol. The summed E-state index contributed by atoms with van der Waals surface area (Å²) < 4.78 is 11.3. The number of carbonyl (C=O) groups excluding carboxylic acids is 1. The van der Waals surface area contributed by atoms with Crippen molar-refractivity contribution < 1.29 is 39.8 Å². The van der Waals surface area contributed by atoms with Gasteiger partial charge in [0.25, 0.3) is 0 Å². The Bertz CT molecular complexity index is 1040. The molecule has 7 atom stereocenters. The molecule has 0 aromatic carbocycles. The molecule has 9 heteroatoms. The molecule has 392 valence electrons. The zero-order valence-electron chi connectivity index (χ0n) is 43.5. The van der Waals surface area contributed by atoms with Crippen LogP contribution < -0.4 is 5.32 Å². The zero-order chi connectivity index (χ0) is 48.0. The highest BCUT2D eigenvalue weighted by Crippen LogP contribution is 2.23. The third-order valence-corrected chi connectivity index (χ3v) is 14.1. The SMILES string of the molecule is CCCCCCCCCCCCCC/C=C/[C@@H](O)[C@H](CO[C@@H]1O[C@H](CO)[C@@H](O)C(O)C1O)NC(=O)CCCCCCCCCCCCCCCCCCCCCCCCCCCCCCC. The van der Waals surface area contributed by atoms with Crippen molar-refractivity contribution in [3.63, 3.8) is 0 Å². The van der Waals surface area contributed by atoms with Gasteiger partial charge in [0.2, 0.25) is 5.91 Å². The smallest absolute Gasteiger partial charge is 0.220 e. The van der Waals surface area contributed by atoms with Crippen molar-refractivity contribution in [1.82, 2.24) is 5.32 Å². The van der Waals surface area contributed by atoms with Crippen molar-refractivity contribution in [2.24, 2.45) is 0 Å². The van der Waals surface area contributed by atoms with E-state index < -0.39 is 49.5 Å². The van der Waals surface area contributed by atoms with Crippen LogP contribution in [0.2, 0.25) is 0 Å². The Labute approximate surface area is 407 Å². The van der Waals surface area contributed by atoms with Gasteiger partial charge in [-0.25, -0.2) is 0 Å². The molecule has 0 aromatic rings. The van der Waals surface area contributed by atoms with E-state index >= 15 is 0 Å². The molecule has 2 unspecified atom stereocenters. The number of amides is 1. The molecule has 9 nitrogen and oxygen atoms in total. The van der Waals surface area contributed by atoms with Gasteiger partial charge in [-0.1, -0.05) is 276 Å². The van der Waals surface area contributed by atoms with Gasteiger partial charge >= 0.3 is 0 Å². The molecule has 0 saturated carbocycles. The molecule has 1 fully saturated rings. The Morgan fingerprint density at radius 2 is 0.833 bits per heavy atom. The van der Waals surface area contributed by atoms with Gasteiger partial charge in [0.15, 0.2) is 6.29 Å². The molecule has 0 aromatic heterocycles. The first-order valence-corrected chi connectivity index (χ1v) is 28.9. The van der Waals surface area contributed by atoms with Gasteiger partial charge in [-0.05, 0) is 19.3 Å². The highest BCUT2D eigenvalue weighted by atomic mass is 16.7. The number of ether oxygens (including phenoxy) is 2. The second-order valence-electron chi connectivity index (χ2n) is 20.5. The Morgan fingerprint density at radius 3 is 1.18 bits per heavy atom. The molecule has 0 radical (unpaired) electrons. The zero-order valence-corrected chi connectivity index (χ0v) is 43.5. The van der Waals surface area contributed by atoms with Gasteiger partial charge in [-0.2, -0.15) is 0 Å². The molecule has 1 heterocycles. The summed E-state index contributed by atoms with van der Waals surface area (Å²) >= 11 is 0. The summed E-state index contributed by atoms with van der Waals surface area (Å²) in [5.74, 6) is -0.171. The maximum absolute atomic E-state index is 13.0. The Balaban J connectivity index is 2.14. The molecule has 6 N–H and O–H groups in total. The molecule has 0 aliphatic carbocycles. The van der Waals surface area contributed by atoms with Crippen LogP contribution in [0.4, 0.5) is 0 Å². The molecule has 1 aliphatic rings. The van der Waals surface area contributed by atoms with Gasteiger partial charge in [0, 0.05) is 6.42 Å². The van der Waals surface area contributed by atoms with Gasteiger partial charge in [0.05, 0.1) is 25.4 Å². The van der Waals surface area contributed by atoms with E-state index in [0.29, 0.717) is 6.42 Å². The molecule has 1 saturated heterocycles. The molecule has 66 heavy (non-hydrogen) atoms. The van der Waals surface area contributed by atoms with Crippen LogP contribution in [0.25, 0.3) is 0 Å². The molecular formula is C57H111NO8. The standard InChI is InChI=1S/C57H111NO8/c1-3-5-7-9-11-13-15-17-19-20-21-22-23-24-25-26-27-28-29-30-31-32-33-35-37-39-41-43-45-47-53(61)58-50(49-65-57-56(64)55(63)54(62)52(48-59)66-57)51(60)46-44-42-40-38-36-34-18-16-14-12-10-8-6-4-2/h44,46,50-52,54-57,59-60,62-64H,3-43,45,47-49H2,1-2H3,(H,58,61)/b46-44+/t50-,51+,52+,54+,55?,56?,57+/m0/s1. The number of rotatable bonds is 50. The summed E-state index contributed by atoms with van der Waals surface area (Å²) in [4.78, 5) is 13.0. The highest BCUT2D eigenvalue weighted by Gasteiger charge is 2.44. The van der Waals surface area contributed by atoms with Crippen molar-refractivity contribution in [3.05, 3.63) is 12.2 Å². The van der Waals surface area contributed by atoms with Crippen molar-refractivity contribution >= 4 is 5.91 Å². The van der Waals surface area contributed by atoms with E-state index in [9.17, 15) is 30.3 Å². The molecular weight excluding hydrogens is 827 g/mol. The number of unbranched alkanes of at least 4 members (excludes halogenated alkanes) is 40. The summed E-state index contributed by atoms with van der Waals surface area (Å²) in [6.07, 6.45) is 51.5. The van der Waals surface area contributed by atoms with Gasteiger partial charge in [-0.3, -0.25) is 4.79 Å². The van der Waals surface area contributed by atoms with E-state index in [2.05, 4.69) is 19.2 Å². The molecule has 0 bridgehead atoms. The molecule has 0 spiro atoms. The second kappa shape index (κ2) is 47.6. The van der Waals surface area contributed by atoms with Crippen LogP contribution in [0.3, 0.4) is 0 Å². The average Bonchev–Trinajstić information content (AvgIpc) is 3.32. The van der Waals surface area contributed by atoms with Gasteiger partial charge in [-0.15, -0.1) is 0 Å². The highest BCUT2D eigenvalue weighted by molar-refractivity contribution is 5.76. The minimum Gasteiger partial charge on any atom is -0.394 e. The predicted octanol–water partition coefficient (Wildman–Crippen LogP) is 14.0. The summed E-state index contributed by atoms with van der Waals surface area (Å²) in [5.41, 5.74) is 0. The number of allylic oxidation sites excluding steroid dienone is 1. The fraction of sp³-hybridized carbons (Fsp3) is 0.947. The van der Waals surface area contributed by atoms with Crippen LogP contribution in [-0.4, -0.2) is 87.5 Å². The largest absolute Gasteiger partial charge is 0.394 e. The fourth-order valence-corrected chi connectivity index (χ4v) is 9.51. The van der Waals surface area contributed by atoms with Crippen molar-refractivity contribution in [2.75, 3.05) is 13.2 Å². The third kappa shape index (κ3) is 36.9. The summed E-state index contributed by atoms with van der Waals surface area (Å²) in [5, 5.41) is 54.4. The van der Waals surface area contributed by atoms with Gasteiger partial charge in [0.1, 0.15) is 24.4 Å². The van der Waals surface area contributed by atoms with Gasteiger partial charge < -0.3 is 40.3 Å². The topological polar surface area (TPSA) is 149 Å². The minimum atomic E-state index is -1.56. The van der Waals surface area contributed by atoms with E-state index in [1.54, 1.807) is 6.08 Å². The third-order valence-electron chi connectivity index (χ3n) is 14.1. The van der Waals surface area contributed by atoms with E-state index in [4.69, 9.17) is 9.47 Å². The molecule has 1 aliphatic heterocycles. The first-order valence-electron chi connectivity index (χ1n) is 28.9. The van der Waals surface area contributed by atoms with Crippen LogP contribution in [0.5, 0.6) is 0 Å². The van der Waals surface area contributed by atoms with Crippen LogP contribution in [0.1, 0.15) is 290 Å². The first kappa shape index (κ1) is 62.9.